The van der Waals surface area contributed by atoms with Crippen molar-refractivity contribution in [2.24, 2.45) is 0 Å². The van der Waals surface area contributed by atoms with E-state index in [1.165, 1.54) is 0 Å². The van der Waals surface area contributed by atoms with Gasteiger partial charge in [-0.1, -0.05) is 0 Å². The van der Waals surface area contributed by atoms with Crippen LogP contribution in [0.1, 0.15) is 13.8 Å². The van der Waals surface area contributed by atoms with Gasteiger partial charge in [0, 0.05) is 25.2 Å². The number of morpholine rings is 1. The third-order valence-corrected chi connectivity index (χ3v) is 2.80. The van der Waals surface area contributed by atoms with Gasteiger partial charge in [0.05, 0.1) is 13.2 Å². The first-order valence-corrected chi connectivity index (χ1v) is 4.74. The Morgan fingerprint density at radius 2 is 1.83 bits per heavy atom. The molecule has 0 radical (unpaired) electrons. The Kier molecular flexibility index (Phi) is 3.98. The first-order valence-electron chi connectivity index (χ1n) is 4.74. The van der Waals surface area contributed by atoms with Crippen LogP contribution in [-0.4, -0.2) is 50.3 Å². The molecule has 1 N–H and O–H groups in total. The lowest BCUT2D eigenvalue weighted by molar-refractivity contribution is 0.0142. The number of rotatable bonds is 3. The summed E-state index contributed by atoms with van der Waals surface area (Å²) in [6, 6.07) is 1.17. The third kappa shape index (κ3) is 2.44. The van der Waals surface area contributed by atoms with Crippen molar-refractivity contribution >= 4 is 0 Å². The van der Waals surface area contributed by atoms with E-state index in [2.05, 4.69) is 24.1 Å². The van der Waals surface area contributed by atoms with Crippen LogP contribution >= 0.6 is 0 Å². The molecule has 1 rings (SSSR count). The molecule has 1 fully saturated rings. The van der Waals surface area contributed by atoms with Gasteiger partial charge in [-0.25, -0.2) is 0 Å². The lowest BCUT2D eigenvalue weighted by Crippen LogP contribution is -2.50. The molecule has 2 unspecified atom stereocenters. The molecule has 0 aromatic rings. The summed E-state index contributed by atoms with van der Waals surface area (Å²) in [6.07, 6.45) is 0. The van der Waals surface area contributed by atoms with Crippen molar-refractivity contribution in [3.05, 3.63) is 0 Å². The molecule has 3 heteroatoms. The predicted molar refractivity (Wildman–Crippen MR) is 50.4 cm³/mol. The van der Waals surface area contributed by atoms with Crippen molar-refractivity contribution in [2.45, 2.75) is 25.9 Å². The van der Waals surface area contributed by atoms with Crippen molar-refractivity contribution in [3.8, 4) is 0 Å². The van der Waals surface area contributed by atoms with Crippen LogP contribution in [-0.2, 0) is 4.74 Å². The van der Waals surface area contributed by atoms with Gasteiger partial charge in [0.1, 0.15) is 0 Å². The summed E-state index contributed by atoms with van der Waals surface area (Å²) in [5.74, 6) is 0. The minimum absolute atomic E-state index is 0.558. The molecule has 1 heterocycles. The van der Waals surface area contributed by atoms with Crippen LogP contribution in [0, 0.1) is 0 Å². The van der Waals surface area contributed by atoms with E-state index in [0.717, 1.165) is 26.3 Å². The zero-order chi connectivity index (χ0) is 8.97. The second-order valence-corrected chi connectivity index (χ2v) is 3.47. The summed E-state index contributed by atoms with van der Waals surface area (Å²) >= 11 is 0. The van der Waals surface area contributed by atoms with Crippen molar-refractivity contribution < 1.29 is 4.74 Å². The van der Waals surface area contributed by atoms with Crippen LogP contribution in [0.3, 0.4) is 0 Å². The predicted octanol–water partition coefficient (Wildman–Crippen LogP) is 0.315. The Morgan fingerprint density at radius 3 is 2.33 bits per heavy atom. The summed E-state index contributed by atoms with van der Waals surface area (Å²) in [6.45, 7) is 8.43. The van der Waals surface area contributed by atoms with E-state index in [4.69, 9.17) is 4.74 Å². The minimum atomic E-state index is 0.558. The average Bonchev–Trinajstić information content (AvgIpc) is 2.17. The summed E-state index contributed by atoms with van der Waals surface area (Å²) in [5, 5.41) is 3.28. The fourth-order valence-corrected chi connectivity index (χ4v) is 1.54. The van der Waals surface area contributed by atoms with E-state index in [9.17, 15) is 0 Å². The quantitative estimate of drug-likeness (QED) is 0.663. The first-order chi connectivity index (χ1) is 5.75. The highest BCUT2D eigenvalue weighted by atomic mass is 16.5. The van der Waals surface area contributed by atoms with Crippen LogP contribution in [0.4, 0.5) is 0 Å². The highest BCUT2D eigenvalue weighted by Gasteiger charge is 2.20. The molecule has 0 spiro atoms. The van der Waals surface area contributed by atoms with E-state index >= 15 is 0 Å². The number of hydrogen-bond donors (Lipinski definition) is 1. The summed E-state index contributed by atoms with van der Waals surface area (Å²) in [5.41, 5.74) is 0. The van der Waals surface area contributed by atoms with Crippen LogP contribution in [0.15, 0.2) is 0 Å². The fraction of sp³-hybridized carbons (Fsp3) is 1.00. The van der Waals surface area contributed by atoms with Crippen molar-refractivity contribution in [2.75, 3.05) is 33.4 Å². The smallest absolute Gasteiger partial charge is 0.0594 e. The van der Waals surface area contributed by atoms with Gasteiger partial charge in [-0.3, -0.25) is 4.90 Å². The lowest BCUT2D eigenvalue weighted by Gasteiger charge is -2.35. The van der Waals surface area contributed by atoms with Crippen molar-refractivity contribution in [3.63, 3.8) is 0 Å². The van der Waals surface area contributed by atoms with Gasteiger partial charge in [-0.15, -0.1) is 0 Å². The van der Waals surface area contributed by atoms with E-state index < -0.39 is 0 Å². The lowest BCUT2D eigenvalue weighted by atomic mass is 10.1. The third-order valence-electron chi connectivity index (χ3n) is 2.80. The van der Waals surface area contributed by atoms with Crippen molar-refractivity contribution in [1.82, 2.24) is 10.2 Å². The highest BCUT2D eigenvalue weighted by molar-refractivity contribution is 4.77. The Hall–Kier alpha value is -0.120. The Labute approximate surface area is 75.1 Å². The number of nitrogens with zero attached hydrogens (tertiary/aromatic N) is 1. The molecule has 0 amide bonds. The molecule has 0 aromatic carbocycles. The van der Waals surface area contributed by atoms with Gasteiger partial charge >= 0.3 is 0 Å². The van der Waals surface area contributed by atoms with Crippen LogP contribution in [0.2, 0.25) is 0 Å². The van der Waals surface area contributed by atoms with Crippen LogP contribution in [0.5, 0.6) is 0 Å². The zero-order valence-electron chi connectivity index (χ0n) is 8.34. The zero-order valence-corrected chi connectivity index (χ0v) is 8.34. The molecule has 1 aliphatic rings. The molecule has 0 bridgehead atoms. The van der Waals surface area contributed by atoms with Crippen LogP contribution in [0.25, 0.3) is 0 Å². The minimum Gasteiger partial charge on any atom is -0.379 e. The molecular weight excluding hydrogens is 152 g/mol. The molecule has 0 aromatic heterocycles. The maximum atomic E-state index is 5.30. The van der Waals surface area contributed by atoms with E-state index in [1.54, 1.807) is 0 Å². The number of hydrogen-bond acceptors (Lipinski definition) is 3. The van der Waals surface area contributed by atoms with Gasteiger partial charge in [-0.2, -0.15) is 0 Å². The number of ether oxygens (including phenoxy) is 1. The maximum Gasteiger partial charge on any atom is 0.0594 e. The fourth-order valence-electron chi connectivity index (χ4n) is 1.54. The molecule has 72 valence electrons. The topological polar surface area (TPSA) is 24.5 Å². The monoisotopic (exact) mass is 172 g/mol. The molecule has 1 saturated heterocycles. The Morgan fingerprint density at radius 1 is 1.25 bits per heavy atom. The Balaban J connectivity index is 2.33. The molecule has 12 heavy (non-hydrogen) atoms. The second kappa shape index (κ2) is 4.80. The molecule has 1 aliphatic heterocycles. The first kappa shape index (κ1) is 9.96. The van der Waals surface area contributed by atoms with Gasteiger partial charge in [0.15, 0.2) is 0 Å². The van der Waals surface area contributed by atoms with Crippen molar-refractivity contribution in [1.29, 1.82) is 0 Å². The molecular formula is C9H20N2O. The largest absolute Gasteiger partial charge is 0.379 e. The standard InChI is InChI=1S/C9H20N2O/c1-8(10-3)9(2)11-4-6-12-7-5-11/h8-10H,4-7H2,1-3H3. The summed E-state index contributed by atoms with van der Waals surface area (Å²) < 4.78 is 5.30. The molecule has 0 aliphatic carbocycles. The van der Waals surface area contributed by atoms with Gasteiger partial charge in [0.25, 0.3) is 0 Å². The van der Waals surface area contributed by atoms with E-state index in [0.29, 0.717) is 12.1 Å². The maximum absolute atomic E-state index is 5.30. The van der Waals surface area contributed by atoms with E-state index in [1.807, 2.05) is 7.05 Å². The summed E-state index contributed by atoms with van der Waals surface area (Å²) in [7, 11) is 2.02. The number of nitrogens with one attached hydrogen (secondary N) is 1. The Bertz CT molecular complexity index is 124. The molecule has 2 atom stereocenters. The average molecular weight is 172 g/mol. The highest BCUT2D eigenvalue weighted by Crippen LogP contribution is 2.06. The van der Waals surface area contributed by atoms with Gasteiger partial charge in [-0.05, 0) is 20.9 Å². The molecule has 0 saturated carbocycles. The number of likely N-dealkylation sites (N-methyl/N-ethyl adjacent to an activating group) is 1. The van der Waals surface area contributed by atoms with Crippen LogP contribution < -0.4 is 5.32 Å². The summed E-state index contributed by atoms with van der Waals surface area (Å²) in [4.78, 5) is 2.48. The molecule has 3 nitrogen and oxygen atoms in total. The van der Waals surface area contributed by atoms with Gasteiger partial charge in [0.2, 0.25) is 0 Å². The normalized spacial score (nSPS) is 25.2. The van der Waals surface area contributed by atoms with E-state index in [-0.39, 0.29) is 0 Å². The van der Waals surface area contributed by atoms with Gasteiger partial charge < -0.3 is 10.1 Å². The SMILES string of the molecule is CNC(C)C(C)N1CCOCC1. The second-order valence-electron chi connectivity index (χ2n) is 3.47.